The van der Waals surface area contributed by atoms with Crippen LogP contribution in [-0.4, -0.2) is 52.1 Å². The summed E-state index contributed by atoms with van der Waals surface area (Å²) < 4.78 is 16.2. The molecular formula is C57H98BO3P. The number of hydrogen-bond acceptors (Lipinski definition) is 3. The topological polar surface area (TPSA) is 27.7 Å². The Kier molecular flexibility index (Phi) is 32.2. The lowest BCUT2D eigenvalue weighted by molar-refractivity contribution is 0.415. The fraction of sp³-hybridized carbons (Fsp3) is 0.684. The molecule has 0 aliphatic carbocycles. The van der Waals surface area contributed by atoms with Gasteiger partial charge < -0.3 is 14.2 Å². The van der Waals surface area contributed by atoms with Gasteiger partial charge in [-0.1, -0.05) is 187 Å². The third-order valence-electron chi connectivity index (χ3n) is 14.0. The molecule has 0 N–H and O–H groups in total. The normalized spacial score (nSPS) is 11.6. The van der Waals surface area contributed by atoms with Crippen LogP contribution in [0.3, 0.4) is 0 Å². The summed E-state index contributed by atoms with van der Waals surface area (Å²) in [6, 6.07) is 25.6. The summed E-state index contributed by atoms with van der Waals surface area (Å²) in [7, 11) is 4.40. The maximum Gasteiger partial charge on any atom is 0.118 e. The van der Waals surface area contributed by atoms with Crippen molar-refractivity contribution in [2.45, 2.75) is 208 Å². The van der Waals surface area contributed by atoms with E-state index in [9.17, 15) is 0 Å². The van der Waals surface area contributed by atoms with Gasteiger partial charge in [0.1, 0.15) is 17.2 Å². The van der Waals surface area contributed by atoms with Gasteiger partial charge in [0.05, 0.1) is 52.1 Å². The number of methoxy groups -OCH3 is 3. The molecule has 0 saturated heterocycles. The van der Waals surface area contributed by atoms with Crippen molar-refractivity contribution in [3.63, 3.8) is 0 Å². The first kappa shape index (κ1) is 55.7. The number of hydrogen-bond donors (Lipinski definition) is 0. The van der Waals surface area contributed by atoms with Crippen LogP contribution in [0, 0.1) is 0 Å². The molecule has 3 nitrogen and oxygen atoms in total. The first-order valence-electron chi connectivity index (χ1n) is 26.4. The number of rotatable bonds is 37. The van der Waals surface area contributed by atoms with Crippen LogP contribution in [0.5, 0.6) is 17.2 Å². The zero-order valence-electron chi connectivity index (χ0n) is 42.1. The number of ether oxygens (including phenoxy) is 3. The second-order valence-corrected chi connectivity index (χ2v) is 23.3. The molecule has 0 heterocycles. The van der Waals surface area contributed by atoms with Crippen LogP contribution in [0.1, 0.15) is 202 Å². The lowest BCUT2D eigenvalue weighted by Crippen LogP contribution is -2.66. The van der Waals surface area contributed by atoms with Crippen molar-refractivity contribution in [2.75, 3.05) is 46.0 Å². The smallest absolute Gasteiger partial charge is 0.118 e. The average Bonchev–Trinajstić information content (AvgIpc) is 3.32. The molecule has 0 radical (unpaired) electrons. The van der Waals surface area contributed by atoms with Crippen molar-refractivity contribution in [2.24, 2.45) is 0 Å². The lowest BCUT2D eigenvalue weighted by Gasteiger charge is -2.43. The predicted octanol–water partition coefficient (Wildman–Crippen LogP) is 16.4. The number of benzene rings is 3. The summed E-state index contributed by atoms with van der Waals surface area (Å²) in [5.41, 5.74) is 3.94. The Balaban J connectivity index is 0.000000429. The molecule has 3 aromatic carbocycles. The van der Waals surface area contributed by atoms with Crippen LogP contribution in [0.4, 0.5) is 0 Å². The SMILES string of the molecule is CCCCCCCC[P+](CCCCCCCC)(CCCCCCCC)CCCCCCCC.CCCC[B-](c1ccc(OC)cc1)(c1ccc(OC)cc1)c1ccc(OC)cc1. The largest absolute Gasteiger partial charge is 0.497 e. The average molecular weight is 873 g/mol. The summed E-state index contributed by atoms with van der Waals surface area (Å²) in [6.07, 6.45) is 44.4. The first-order valence-corrected chi connectivity index (χ1v) is 28.9. The van der Waals surface area contributed by atoms with E-state index in [0.717, 1.165) is 36.4 Å². The first-order chi connectivity index (χ1) is 30.4. The van der Waals surface area contributed by atoms with Crippen molar-refractivity contribution in [1.82, 2.24) is 0 Å². The van der Waals surface area contributed by atoms with Gasteiger partial charge in [0, 0.05) is 7.26 Å². The fourth-order valence-electron chi connectivity index (χ4n) is 9.97. The summed E-state index contributed by atoms with van der Waals surface area (Å²) in [4.78, 5) is 0. The molecule has 0 bridgehead atoms. The van der Waals surface area contributed by atoms with Gasteiger partial charge in [-0.15, -0.1) is 0 Å². The highest BCUT2D eigenvalue weighted by Gasteiger charge is 2.35. The summed E-state index contributed by atoms with van der Waals surface area (Å²) >= 11 is 0. The molecule has 62 heavy (non-hydrogen) atoms. The minimum Gasteiger partial charge on any atom is -0.497 e. The molecule has 3 rings (SSSR count). The van der Waals surface area contributed by atoms with Crippen LogP contribution in [0.2, 0.25) is 6.32 Å². The molecule has 5 heteroatoms. The molecule has 0 unspecified atom stereocenters. The Bertz CT molecular complexity index is 1260. The second-order valence-electron chi connectivity index (χ2n) is 18.8. The summed E-state index contributed by atoms with van der Waals surface area (Å²) in [5.74, 6) is 2.62. The second kappa shape index (κ2) is 35.9. The molecule has 352 valence electrons. The zero-order valence-corrected chi connectivity index (χ0v) is 43.0. The predicted molar refractivity (Wildman–Crippen MR) is 283 cm³/mol. The highest BCUT2D eigenvalue weighted by molar-refractivity contribution is 7.75. The third-order valence-corrected chi connectivity index (χ3v) is 19.0. The monoisotopic (exact) mass is 873 g/mol. The van der Waals surface area contributed by atoms with Gasteiger partial charge in [0.15, 0.2) is 0 Å². The Morgan fingerprint density at radius 2 is 0.532 bits per heavy atom. The van der Waals surface area contributed by atoms with Crippen molar-refractivity contribution in [1.29, 1.82) is 0 Å². The van der Waals surface area contributed by atoms with Crippen LogP contribution < -0.4 is 30.6 Å². The maximum atomic E-state index is 5.41. The van der Waals surface area contributed by atoms with Crippen molar-refractivity contribution >= 4 is 29.8 Å². The van der Waals surface area contributed by atoms with E-state index in [4.69, 9.17) is 14.2 Å². The van der Waals surface area contributed by atoms with E-state index in [0.29, 0.717) is 0 Å². The van der Waals surface area contributed by atoms with E-state index in [-0.39, 0.29) is 0 Å². The van der Waals surface area contributed by atoms with Crippen molar-refractivity contribution in [3.05, 3.63) is 72.8 Å². The van der Waals surface area contributed by atoms with Crippen LogP contribution in [0.25, 0.3) is 0 Å². The van der Waals surface area contributed by atoms with Crippen LogP contribution >= 0.6 is 7.26 Å². The minimum atomic E-state index is -1.14. The fourth-order valence-corrected chi connectivity index (χ4v) is 14.9. The number of unbranched alkanes of at least 4 members (excludes halogenated alkanes) is 21. The van der Waals surface area contributed by atoms with E-state index >= 15 is 0 Å². The summed E-state index contributed by atoms with van der Waals surface area (Å²) in [6.45, 7) is 11.6. The Morgan fingerprint density at radius 1 is 0.306 bits per heavy atom. The third kappa shape index (κ3) is 21.5. The molecule has 0 saturated carbocycles. The van der Waals surface area contributed by atoms with Gasteiger partial charge in [0.2, 0.25) is 0 Å². The molecule has 0 aliphatic heterocycles. The Labute approximate surface area is 386 Å². The minimum absolute atomic E-state index is 0.718. The lowest BCUT2D eigenvalue weighted by atomic mass is 9.14. The molecule has 0 amide bonds. The molecule has 0 aromatic heterocycles. The van der Waals surface area contributed by atoms with Crippen molar-refractivity contribution < 1.29 is 14.2 Å². The van der Waals surface area contributed by atoms with E-state index < -0.39 is 13.4 Å². The van der Waals surface area contributed by atoms with E-state index in [1.54, 1.807) is 71.7 Å². The van der Waals surface area contributed by atoms with Gasteiger partial charge in [-0.25, -0.2) is 0 Å². The highest BCUT2D eigenvalue weighted by Crippen LogP contribution is 2.61. The molecule has 0 fully saturated rings. The van der Waals surface area contributed by atoms with Crippen molar-refractivity contribution in [3.8, 4) is 17.2 Å². The van der Waals surface area contributed by atoms with Crippen LogP contribution in [-0.2, 0) is 0 Å². The molecule has 0 atom stereocenters. The standard InChI is InChI=1S/C32H68P.C25H30BO3/c1-5-9-13-17-21-25-29-33(30-26-22-18-14-10-6-2,31-27-23-19-15-11-7-3)32-28-24-20-16-12-8-4;1-5-6-19-26(20-7-13-23(27-2)14-8-20,21-9-15-24(28-3)16-10-21)22-11-17-25(29-4)18-12-22/h5-32H2,1-4H3;7-18H,5-6,19H2,1-4H3/q+1;-1. The van der Waals surface area contributed by atoms with E-state index in [2.05, 4.69) is 107 Å². The Morgan fingerprint density at radius 3 is 0.758 bits per heavy atom. The van der Waals surface area contributed by atoms with E-state index in [1.165, 1.54) is 145 Å². The van der Waals surface area contributed by atoms with E-state index in [1.807, 2.05) is 0 Å². The van der Waals surface area contributed by atoms with Crippen LogP contribution in [0.15, 0.2) is 72.8 Å². The molecule has 0 aliphatic rings. The van der Waals surface area contributed by atoms with Gasteiger partial charge >= 0.3 is 0 Å². The zero-order chi connectivity index (χ0) is 45.0. The van der Waals surface area contributed by atoms with Gasteiger partial charge in [-0.05, 0) is 87.8 Å². The van der Waals surface area contributed by atoms with Gasteiger partial charge in [-0.3, -0.25) is 0 Å². The van der Waals surface area contributed by atoms with Gasteiger partial charge in [0.25, 0.3) is 0 Å². The molecule has 0 spiro atoms. The quantitative estimate of drug-likeness (QED) is 0.0328. The molecular weight excluding hydrogens is 774 g/mol. The summed E-state index contributed by atoms with van der Waals surface area (Å²) in [5, 5.41) is 0. The highest BCUT2D eigenvalue weighted by atomic mass is 31.2. The van der Waals surface area contributed by atoms with Gasteiger partial charge in [-0.2, -0.15) is 22.7 Å². The molecule has 3 aromatic rings. The Hall–Kier alpha value is -2.45. The maximum absolute atomic E-state index is 5.41.